The van der Waals surface area contributed by atoms with Crippen molar-refractivity contribution in [1.82, 2.24) is 15.1 Å². The van der Waals surface area contributed by atoms with E-state index in [1.165, 1.54) is 26.4 Å². The summed E-state index contributed by atoms with van der Waals surface area (Å²) in [6, 6.07) is -0.204. The zero-order valence-electron chi connectivity index (χ0n) is 13.0. The van der Waals surface area contributed by atoms with Gasteiger partial charge in [-0.05, 0) is 60.4 Å². The van der Waals surface area contributed by atoms with E-state index in [0.717, 1.165) is 19.5 Å². The third-order valence-electron chi connectivity index (χ3n) is 4.43. The smallest absolute Gasteiger partial charge is 0.322 e. The van der Waals surface area contributed by atoms with Crippen LogP contribution in [0.3, 0.4) is 0 Å². The van der Waals surface area contributed by atoms with Gasteiger partial charge in [0.1, 0.15) is 6.04 Å². The summed E-state index contributed by atoms with van der Waals surface area (Å²) in [6.07, 6.45) is 4.66. The lowest BCUT2D eigenvalue weighted by atomic mass is 9.75. The van der Waals surface area contributed by atoms with E-state index in [1.54, 1.807) is 7.05 Å². The molecule has 1 saturated carbocycles. The number of methoxy groups -OCH3 is 1. The highest BCUT2D eigenvalue weighted by atomic mass is 16.5. The predicted octanol–water partition coefficient (Wildman–Crippen LogP) is 0.554. The summed E-state index contributed by atoms with van der Waals surface area (Å²) in [5, 5.41) is 3.01. The molecule has 1 aliphatic carbocycles. The molecule has 5 heteroatoms. The van der Waals surface area contributed by atoms with Gasteiger partial charge < -0.3 is 19.9 Å². The summed E-state index contributed by atoms with van der Waals surface area (Å²) < 4.78 is 4.78. The first kappa shape index (κ1) is 16.4. The lowest BCUT2D eigenvalue weighted by Crippen LogP contribution is -2.57. The van der Waals surface area contributed by atoms with Crippen LogP contribution in [0.5, 0.6) is 0 Å². The van der Waals surface area contributed by atoms with Gasteiger partial charge in [-0.2, -0.15) is 0 Å². The van der Waals surface area contributed by atoms with Crippen molar-refractivity contribution in [2.45, 2.75) is 37.3 Å². The first-order chi connectivity index (χ1) is 8.95. The molecule has 0 spiro atoms. The number of ether oxygens (including phenoxy) is 1. The molecule has 0 heterocycles. The van der Waals surface area contributed by atoms with Gasteiger partial charge in [0, 0.05) is 12.1 Å². The van der Waals surface area contributed by atoms with Crippen LogP contribution in [0, 0.1) is 0 Å². The zero-order valence-corrected chi connectivity index (χ0v) is 13.0. The van der Waals surface area contributed by atoms with E-state index in [1.807, 2.05) is 0 Å². The quantitative estimate of drug-likeness (QED) is 0.653. The van der Waals surface area contributed by atoms with Crippen molar-refractivity contribution in [3.63, 3.8) is 0 Å². The van der Waals surface area contributed by atoms with E-state index >= 15 is 0 Å². The molecule has 0 aromatic heterocycles. The summed E-state index contributed by atoms with van der Waals surface area (Å²) in [5.41, 5.74) is 0.342. The number of nitrogens with one attached hydrogen (secondary N) is 1. The third-order valence-corrected chi connectivity index (χ3v) is 4.43. The van der Waals surface area contributed by atoms with Crippen LogP contribution in [0.25, 0.3) is 0 Å². The molecule has 0 saturated heterocycles. The molecule has 0 aromatic carbocycles. The molecule has 0 aromatic rings. The fourth-order valence-corrected chi connectivity index (χ4v) is 2.78. The summed E-state index contributed by atoms with van der Waals surface area (Å²) in [7, 11) is 9.70. The second-order valence-corrected chi connectivity index (χ2v) is 5.86. The molecule has 1 fully saturated rings. The Morgan fingerprint density at radius 3 is 2.37 bits per heavy atom. The number of hydrogen-bond donors (Lipinski definition) is 1. The van der Waals surface area contributed by atoms with Crippen LogP contribution in [-0.4, -0.2) is 75.7 Å². The molecule has 0 amide bonds. The summed E-state index contributed by atoms with van der Waals surface area (Å²) in [5.74, 6) is -0.179. The topological polar surface area (TPSA) is 44.8 Å². The van der Waals surface area contributed by atoms with E-state index in [9.17, 15) is 4.79 Å². The van der Waals surface area contributed by atoms with Crippen molar-refractivity contribution in [2.75, 3.05) is 48.4 Å². The largest absolute Gasteiger partial charge is 0.468 e. The highest BCUT2D eigenvalue weighted by Gasteiger charge is 2.39. The fourth-order valence-electron chi connectivity index (χ4n) is 2.78. The Labute approximate surface area is 117 Å². The average molecular weight is 271 g/mol. The number of nitrogens with zero attached hydrogens (tertiary/aromatic N) is 2. The lowest BCUT2D eigenvalue weighted by Gasteiger charge is -2.49. The molecular weight excluding hydrogens is 242 g/mol. The van der Waals surface area contributed by atoms with Crippen LogP contribution in [0.4, 0.5) is 0 Å². The van der Waals surface area contributed by atoms with Crippen LogP contribution < -0.4 is 5.32 Å². The van der Waals surface area contributed by atoms with E-state index in [4.69, 9.17) is 4.74 Å². The van der Waals surface area contributed by atoms with Gasteiger partial charge >= 0.3 is 5.97 Å². The molecule has 5 nitrogen and oxygen atoms in total. The Hall–Kier alpha value is -0.650. The molecule has 1 unspecified atom stereocenters. The van der Waals surface area contributed by atoms with Gasteiger partial charge in [0.05, 0.1) is 7.11 Å². The molecule has 19 heavy (non-hydrogen) atoms. The van der Waals surface area contributed by atoms with E-state index < -0.39 is 0 Å². The predicted molar refractivity (Wildman–Crippen MR) is 77.2 cm³/mol. The maximum Gasteiger partial charge on any atom is 0.322 e. The third kappa shape index (κ3) is 4.16. The summed E-state index contributed by atoms with van der Waals surface area (Å²) in [6.45, 7) is 1.97. The first-order valence-corrected chi connectivity index (χ1v) is 7.06. The SMILES string of the molecule is CNC(CCN(C)CC1(N(C)C)CCC1)C(=O)OC. The number of hydrogen-bond acceptors (Lipinski definition) is 5. The Morgan fingerprint density at radius 1 is 1.37 bits per heavy atom. The molecular formula is C14H29N3O2. The highest BCUT2D eigenvalue weighted by Crippen LogP contribution is 2.36. The number of carbonyl (C=O) groups is 1. The van der Waals surface area contributed by atoms with Gasteiger partial charge in [0.15, 0.2) is 0 Å². The van der Waals surface area contributed by atoms with E-state index in [2.05, 4.69) is 36.3 Å². The second kappa shape index (κ2) is 7.22. The van der Waals surface area contributed by atoms with Crippen LogP contribution in [0.15, 0.2) is 0 Å². The van der Waals surface area contributed by atoms with Crippen LogP contribution >= 0.6 is 0 Å². The zero-order chi connectivity index (χ0) is 14.5. The summed E-state index contributed by atoms with van der Waals surface area (Å²) >= 11 is 0. The van der Waals surface area contributed by atoms with Crippen molar-refractivity contribution in [3.05, 3.63) is 0 Å². The number of rotatable bonds is 8. The van der Waals surface area contributed by atoms with Crippen molar-refractivity contribution < 1.29 is 9.53 Å². The summed E-state index contributed by atoms with van der Waals surface area (Å²) in [4.78, 5) is 16.2. The Kier molecular flexibility index (Phi) is 6.23. The monoisotopic (exact) mass is 271 g/mol. The number of carbonyl (C=O) groups excluding carboxylic acids is 1. The van der Waals surface area contributed by atoms with Crippen LogP contribution in [-0.2, 0) is 9.53 Å². The van der Waals surface area contributed by atoms with E-state index in [0.29, 0.717) is 5.54 Å². The first-order valence-electron chi connectivity index (χ1n) is 7.06. The van der Waals surface area contributed by atoms with Crippen molar-refractivity contribution in [2.24, 2.45) is 0 Å². The maximum atomic E-state index is 11.5. The molecule has 112 valence electrons. The van der Waals surface area contributed by atoms with Crippen molar-refractivity contribution >= 4 is 5.97 Å². The Morgan fingerprint density at radius 2 is 2.00 bits per heavy atom. The number of esters is 1. The molecule has 0 bridgehead atoms. The standard InChI is InChI=1S/C14H29N3O2/c1-15-12(13(18)19-5)7-10-17(4)11-14(16(2)3)8-6-9-14/h12,15H,6-11H2,1-5H3. The fraction of sp³-hybridized carbons (Fsp3) is 0.929. The minimum Gasteiger partial charge on any atom is -0.468 e. The lowest BCUT2D eigenvalue weighted by molar-refractivity contribution is -0.143. The molecule has 1 atom stereocenters. The van der Waals surface area contributed by atoms with Gasteiger partial charge in [-0.1, -0.05) is 0 Å². The van der Waals surface area contributed by atoms with Crippen LogP contribution in [0.2, 0.25) is 0 Å². The Bertz CT molecular complexity index is 290. The molecule has 1 aliphatic rings. The van der Waals surface area contributed by atoms with Gasteiger partial charge in [-0.15, -0.1) is 0 Å². The van der Waals surface area contributed by atoms with E-state index in [-0.39, 0.29) is 12.0 Å². The highest BCUT2D eigenvalue weighted by molar-refractivity contribution is 5.75. The molecule has 0 aliphatic heterocycles. The van der Waals surface area contributed by atoms with Crippen molar-refractivity contribution in [1.29, 1.82) is 0 Å². The van der Waals surface area contributed by atoms with Gasteiger partial charge in [0.2, 0.25) is 0 Å². The van der Waals surface area contributed by atoms with Crippen LogP contribution in [0.1, 0.15) is 25.7 Å². The molecule has 0 radical (unpaired) electrons. The van der Waals surface area contributed by atoms with Crippen molar-refractivity contribution in [3.8, 4) is 0 Å². The minimum atomic E-state index is -0.204. The van der Waals surface area contributed by atoms with Gasteiger partial charge in [-0.25, -0.2) is 0 Å². The molecule has 1 rings (SSSR count). The second-order valence-electron chi connectivity index (χ2n) is 5.86. The Balaban J connectivity index is 2.38. The van der Waals surface area contributed by atoms with Gasteiger partial charge in [-0.3, -0.25) is 4.79 Å². The maximum absolute atomic E-state index is 11.5. The number of likely N-dealkylation sites (N-methyl/N-ethyl adjacent to an activating group) is 3. The normalized spacial score (nSPS) is 19.3. The van der Waals surface area contributed by atoms with Gasteiger partial charge in [0.25, 0.3) is 0 Å². The minimum absolute atomic E-state index is 0.179. The molecule has 1 N–H and O–H groups in total. The average Bonchev–Trinajstić information content (AvgIpc) is 2.33.